The summed E-state index contributed by atoms with van der Waals surface area (Å²) in [5.41, 5.74) is 4.85. The number of nitrogens with zero attached hydrogens (tertiary/aromatic N) is 1. The van der Waals surface area contributed by atoms with E-state index in [2.05, 4.69) is 50.9 Å². The number of aliphatic carboxylic acids is 1. The van der Waals surface area contributed by atoms with Gasteiger partial charge < -0.3 is 30.4 Å². The number of aryl methyl sites for hydroxylation is 1. The highest BCUT2D eigenvalue weighted by Gasteiger charge is 2.38. The van der Waals surface area contributed by atoms with E-state index in [1.165, 1.54) is 5.39 Å². The summed E-state index contributed by atoms with van der Waals surface area (Å²) in [6.07, 6.45) is 0.755. The Morgan fingerprint density at radius 2 is 1.64 bits per heavy atom. The number of ether oxygens (including phenoxy) is 1. The SMILES string of the molecule is COc1ccc2[nH]c(C)c(CC(=O)N[C@@H](CCCCCC(=O)NC(C)C)c3ncc(-c4ccc5ccccc5c4)[nH]3)c2c1.O=C(O)C(F)(F)F. The second-order valence-corrected chi connectivity index (χ2v) is 12.3. The van der Waals surface area contributed by atoms with Crippen LogP contribution in [0.5, 0.6) is 5.75 Å². The van der Waals surface area contributed by atoms with E-state index in [0.29, 0.717) is 12.8 Å². The first-order valence-corrected chi connectivity index (χ1v) is 16.3. The summed E-state index contributed by atoms with van der Waals surface area (Å²) < 4.78 is 37.2. The molecule has 0 fully saturated rings. The van der Waals surface area contributed by atoms with Gasteiger partial charge in [0.15, 0.2) is 0 Å². The van der Waals surface area contributed by atoms with E-state index in [4.69, 9.17) is 19.6 Å². The van der Waals surface area contributed by atoms with Crippen LogP contribution in [0, 0.1) is 6.92 Å². The molecule has 0 unspecified atom stereocenters. The van der Waals surface area contributed by atoms with E-state index >= 15 is 0 Å². The number of halogens is 3. The number of amides is 2. The minimum absolute atomic E-state index is 0.0724. The molecule has 5 N–H and O–H groups in total. The summed E-state index contributed by atoms with van der Waals surface area (Å²) in [6, 6.07) is 20.3. The van der Waals surface area contributed by atoms with Crippen molar-refractivity contribution < 1.29 is 37.4 Å². The van der Waals surface area contributed by atoms with Crippen LogP contribution in [-0.4, -0.2) is 57.2 Å². The number of aromatic nitrogens is 3. The molecular formula is C37H42F3N5O5. The van der Waals surface area contributed by atoms with Crippen LogP contribution in [0.4, 0.5) is 13.2 Å². The summed E-state index contributed by atoms with van der Waals surface area (Å²) in [4.78, 5) is 46.0. The molecule has 0 saturated carbocycles. The van der Waals surface area contributed by atoms with Gasteiger partial charge in [-0.1, -0.05) is 49.2 Å². The van der Waals surface area contributed by atoms with Crippen molar-refractivity contribution in [3.05, 3.63) is 83.9 Å². The van der Waals surface area contributed by atoms with Crippen molar-refractivity contribution in [1.82, 2.24) is 25.6 Å². The fourth-order valence-electron chi connectivity index (χ4n) is 5.62. The number of benzene rings is 3. The Morgan fingerprint density at radius 3 is 2.32 bits per heavy atom. The van der Waals surface area contributed by atoms with E-state index in [9.17, 15) is 22.8 Å². The van der Waals surface area contributed by atoms with Crippen molar-refractivity contribution in [2.45, 2.75) is 77.6 Å². The molecule has 5 rings (SSSR count). The van der Waals surface area contributed by atoms with Gasteiger partial charge in [-0.15, -0.1) is 0 Å². The van der Waals surface area contributed by atoms with E-state index in [1.54, 1.807) is 7.11 Å². The highest BCUT2D eigenvalue weighted by atomic mass is 19.4. The van der Waals surface area contributed by atoms with Crippen LogP contribution >= 0.6 is 0 Å². The predicted molar refractivity (Wildman–Crippen MR) is 186 cm³/mol. The molecule has 2 heterocycles. The zero-order valence-corrected chi connectivity index (χ0v) is 28.4. The fourth-order valence-corrected chi connectivity index (χ4v) is 5.62. The first kappa shape index (κ1) is 37.5. The van der Waals surface area contributed by atoms with Crippen LogP contribution in [-0.2, 0) is 20.8 Å². The number of methoxy groups -OCH3 is 1. The van der Waals surface area contributed by atoms with Crippen LogP contribution in [0.3, 0.4) is 0 Å². The van der Waals surface area contributed by atoms with Crippen molar-refractivity contribution in [1.29, 1.82) is 0 Å². The van der Waals surface area contributed by atoms with Crippen LogP contribution in [0.25, 0.3) is 32.9 Å². The van der Waals surface area contributed by atoms with Gasteiger partial charge in [0.05, 0.1) is 31.5 Å². The van der Waals surface area contributed by atoms with Crippen LogP contribution in [0.2, 0.25) is 0 Å². The van der Waals surface area contributed by atoms with Gasteiger partial charge in [-0.25, -0.2) is 9.78 Å². The minimum Gasteiger partial charge on any atom is -0.497 e. The first-order chi connectivity index (χ1) is 23.7. The molecular weight excluding hydrogens is 651 g/mol. The van der Waals surface area contributed by atoms with Gasteiger partial charge >= 0.3 is 12.1 Å². The number of carboxylic acid groups (broad SMARTS) is 1. The highest BCUT2D eigenvalue weighted by Crippen LogP contribution is 2.29. The van der Waals surface area contributed by atoms with Gasteiger partial charge in [-0.05, 0) is 74.2 Å². The van der Waals surface area contributed by atoms with E-state index in [1.807, 2.05) is 57.3 Å². The predicted octanol–water partition coefficient (Wildman–Crippen LogP) is 7.54. The molecule has 2 aromatic heterocycles. The fraction of sp³-hybridized carbons (Fsp3) is 0.351. The molecule has 50 heavy (non-hydrogen) atoms. The lowest BCUT2D eigenvalue weighted by Gasteiger charge is -2.17. The zero-order valence-electron chi connectivity index (χ0n) is 28.4. The Bertz CT molecular complexity index is 1930. The van der Waals surface area contributed by atoms with Crippen LogP contribution < -0.4 is 15.4 Å². The third-order valence-electron chi connectivity index (χ3n) is 8.07. The molecule has 0 aliphatic rings. The Kier molecular flexibility index (Phi) is 12.6. The third kappa shape index (κ3) is 10.3. The number of unbranched alkanes of at least 4 members (excludes halogenated alkanes) is 2. The van der Waals surface area contributed by atoms with Gasteiger partial charge in [0.1, 0.15) is 11.6 Å². The number of fused-ring (bicyclic) bond motifs is 2. The number of carboxylic acids is 1. The monoisotopic (exact) mass is 693 g/mol. The second-order valence-electron chi connectivity index (χ2n) is 12.3. The number of imidazole rings is 1. The average molecular weight is 694 g/mol. The molecule has 0 saturated heterocycles. The molecule has 3 aromatic carbocycles. The number of aromatic amines is 2. The van der Waals surface area contributed by atoms with E-state index in [0.717, 1.165) is 69.6 Å². The number of carbonyl (C=O) groups is 3. The Balaban J connectivity index is 0.000000727. The lowest BCUT2D eigenvalue weighted by atomic mass is 10.0. The number of carbonyl (C=O) groups excluding carboxylic acids is 2. The number of alkyl halides is 3. The summed E-state index contributed by atoms with van der Waals surface area (Å²) in [6.45, 7) is 5.92. The van der Waals surface area contributed by atoms with Crippen molar-refractivity contribution in [3.8, 4) is 17.0 Å². The molecule has 266 valence electrons. The largest absolute Gasteiger partial charge is 0.497 e. The quantitative estimate of drug-likeness (QED) is 0.0805. The molecule has 5 aromatic rings. The summed E-state index contributed by atoms with van der Waals surface area (Å²) in [5, 5.41) is 16.7. The van der Waals surface area contributed by atoms with Crippen LogP contribution in [0.1, 0.15) is 69.1 Å². The van der Waals surface area contributed by atoms with Gasteiger partial charge in [0, 0.05) is 34.6 Å². The van der Waals surface area contributed by atoms with Crippen molar-refractivity contribution >= 4 is 39.5 Å². The highest BCUT2D eigenvalue weighted by molar-refractivity contribution is 5.91. The maximum atomic E-state index is 13.5. The maximum absolute atomic E-state index is 13.5. The number of H-pyrrole nitrogens is 2. The summed E-state index contributed by atoms with van der Waals surface area (Å²) in [7, 11) is 1.64. The number of hydrogen-bond donors (Lipinski definition) is 5. The van der Waals surface area contributed by atoms with E-state index in [-0.39, 0.29) is 30.3 Å². The lowest BCUT2D eigenvalue weighted by Crippen LogP contribution is -2.31. The molecule has 0 bridgehead atoms. The number of rotatable bonds is 13. The molecule has 1 atom stereocenters. The first-order valence-electron chi connectivity index (χ1n) is 16.3. The lowest BCUT2D eigenvalue weighted by molar-refractivity contribution is -0.192. The van der Waals surface area contributed by atoms with Crippen molar-refractivity contribution in [2.24, 2.45) is 0 Å². The molecule has 13 heteroatoms. The summed E-state index contributed by atoms with van der Waals surface area (Å²) >= 11 is 0. The third-order valence-corrected chi connectivity index (χ3v) is 8.07. The molecule has 0 aliphatic carbocycles. The van der Waals surface area contributed by atoms with Crippen molar-refractivity contribution in [3.63, 3.8) is 0 Å². The summed E-state index contributed by atoms with van der Waals surface area (Å²) in [5.74, 6) is -1.27. The van der Waals surface area contributed by atoms with Gasteiger partial charge in [0.25, 0.3) is 0 Å². The topological polar surface area (TPSA) is 149 Å². The molecule has 2 amide bonds. The maximum Gasteiger partial charge on any atom is 0.490 e. The molecule has 0 spiro atoms. The second kappa shape index (κ2) is 16.9. The van der Waals surface area contributed by atoms with E-state index < -0.39 is 12.1 Å². The standard InChI is InChI=1S/C35H41N5O3.C2HF3O2/c1-22(2)37-33(41)13-7-5-6-12-31(35-36-21-32(40-35)26-15-14-24-10-8-9-11-25(24)18-26)39-34(42)20-28-23(3)38-30-17-16-27(43-4)19-29(28)30;3-2(4,5)1(6)7/h8-11,14-19,21-22,31,38H,5-7,12-13,20H2,1-4H3,(H,36,40)(H,37,41)(H,39,42);(H,6,7)/t31-;/m0./s1. The molecule has 10 nitrogen and oxygen atoms in total. The Hall–Kier alpha value is -5.33. The average Bonchev–Trinajstić information content (AvgIpc) is 3.68. The minimum atomic E-state index is -5.08. The normalized spacial score (nSPS) is 12.0. The van der Waals surface area contributed by atoms with Crippen molar-refractivity contribution in [2.75, 3.05) is 7.11 Å². The number of nitrogens with one attached hydrogen (secondary N) is 4. The Morgan fingerprint density at radius 1 is 0.920 bits per heavy atom. The van der Waals surface area contributed by atoms with Crippen LogP contribution in [0.15, 0.2) is 66.9 Å². The zero-order chi connectivity index (χ0) is 36.4. The smallest absolute Gasteiger partial charge is 0.490 e. The molecule has 0 radical (unpaired) electrons. The molecule has 0 aliphatic heterocycles. The van der Waals surface area contributed by atoms with Gasteiger partial charge in [-0.3, -0.25) is 9.59 Å². The van der Waals surface area contributed by atoms with Gasteiger partial charge in [-0.2, -0.15) is 13.2 Å². The number of hydrogen-bond acceptors (Lipinski definition) is 5. The van der Waals surface area contributed by atoms with Gasteiger partial charge in [0.2, 0.25) is 11.8 Å². The Labute approximate surface area is 287 Å².